The average molecular weight is 919 g/mol. The molecule has 4 amide bonds. The molecule has 1 aromatic carbocycles. The number of alkyl carbamates (subject to hydrolysis) is 1. The summed E-state index contributed by atoms with van der Waals surface area (Å²) in [5.74, 6) is -2.93. The van der Waals surface area contributed by atoms with Crippen molar-refractivity contribution in [3.8, 4) is 22.2 Å². The largest absolute Gasteiger partial charge is 0.497 e. The molecule has 20 heteroatoms. The van der Waals surface area contributed by atoms with Gasteiger partial charge in [-0.05, 0) is 89.3 Å². The molecule has 3 aromatic rings. The first-order chi connectivity index (χ1) is 29.6. The van der Waals surface area contributed by atoms with Crippen molar-refractivity contribution in [1.82, 2.24) is 30.2 Å². The summed E-state index contributed by atoms with van der Waals surface area (Å²) in [4.78, 5) is 67.4. The van der Waals surface area contributed by atoms with Crippen molar-refractivity contribution in [2.24, 2.45) is 17.8 Å². The maximum absolute atomic E-state index is 15.0. The molecule has 7 rings (SSSR count). The highest BCUT2D eigenvalue weighted by molar-refractivity contribution is 7.91. The lowest BCUT2D eigenvalue weighted by Gasteiger charge is -2.35. The fourth-order valence-corrected chi connectivity index (χ4v) is 10.3. The van der Waals surface area contributed by atoms with Crippen LogP contribution in [0.3, 0.4) is 0 Å². The minimum atomic E-state index is -4.93. The fourth-order valence-electron chi connectivity index (χ4n) is 8.36. The number of rotatable bonds is 10. The van der Waals surface area contributed by atoms with Crippen LogP contribution in [0, 0.1) is 17.8 Å². The van der Waals surface area contributed by atoms with E-state index >= 15 is 4.79 Å². The second-order valence-corrected chi connectivity index (χ2v) is 21.0. The van der Waals surface area contributed by atoms with Crippen LogP contribution in [0.25, 0.3) is 21.3 Å². The lowest BCUT2D eigenvalue weighted by molar-refractivity contribution is -0.244. The van der Waals surface area contributed by atoms with E-state index in [2.05, 4.69) is 25.3 Å². The molecule has 342 valence electrons. The van der Waals surface area contributed by atoms with Gasteiger partial charge in [0.2, 0.25) is 33.3 Å². The Bertz CT molecular complexity index is 2390. The first-order valence-electron chi connectivity index (χ1n) is 21.1. The van der Waals surface area contributed by atoms with Gasteiger partial charge in [-0.25, -0.2) is 23.2 Å². The summed E-state index contributed by atoms with van der Waals surface area (Å²) in [6.45, 7) is 6.47. The minimum absolute atomic E-state index is 0.0447. The number of ether oxygens (including phenoxy) is 3. The average Bonchev–Trinajstić information content (AvgIpc) is 3.98. The van der Waals surface area contributed by atoms with Crippen LogP contribution in [-0.4, -0.2) is 101 Å². The summed E-state index contributed by atoms with van der Waals surface area (Å²) in [7, 11) is -2.56. The van der Waals surface area contributed by atoms with Gasteiger partial charge in [-0.15, -0.1) is 11.3 Å². The molecular weight excluding hydrogens is 866 g/mol. The Morgan fingerprint density at radius 3 is 2.51 bits per heavy atom. The van der Waals surface area contributed by atoms with Crippen molar-refractivity contribution < 1.29 is 55.0 Å². The van der Waals surface area contributed by atoms with E-state index in [0.29, 0.717) is 79.5 Å². The second-order valence-electron chi connectivity index (χ2n) is 17.9. The van der Waals surface area contributed by atoms with Crippen LogP contribution >= 0.6 is 11.3 Å². The first kappa shape index (κ1) is 46.0. The van der Waals surface area contributed by atoms with Crippen molar-refractivity contribution in [1.29, 1.82) is 0 Å². The Morgan fingerprint density at radius 1 is 1.11 bits per heavy atom. The molecule has 2 saturated carbocycles. The molecule has 7 unspecified atom stereocenters. The number of benzene rings is 1. The molecule has 0 spiro atoms. The molecule has 0 bridgehead atoms. The number of alkyl halides is 3. The van der Waals surface area contributed by atoms with E-state index in [-0.39, 0.29) is 31.2 Å². The van der Waals surface area contributed by atoms with Crippen molar-refractivity contribution in [3.63, 3.8) is 0 Å². The smallest absolute Gasteiger partial charge is 0.427 e. The quantitative estimate of drug-likeness (QED) is 0.190. The van der Waals surface area contributed by atoms with E-state index in [1.807, 2.05) is 24.4 Å². The molecule has 1 saturated heterocycles. The van der Waals surface area contributed by atoms with Gasteiger partial charge >= 0.3 is 12.3 Å². The Hall–Kier alpha value is -4.98. The SMILES string of the molecule is CCC1CC(C)CCC=CC2CC2(C(=O)NS(=O)(=O)C2(C)CC2)NC(=O)C2CC(Oc3ncc(-c4nccs4)c4cc(OC)ccc34)CN2C(=O)C1NC(=O)OC(C)(C)C(F)(F)F. The number of carbonyl (C=O) groups excluding carboxylic acids is 4. The summed E-state index contributed by atoms with van der Waals surface area (Å²) < 4.78 is 86.2. The lowest BCUT2D eigenvalue weighted by Crippen LogP contribution is -2.60. The number of fused-ring (bicyclic) bond motifs is 3. The molecule has 7 atom stereocenters. The lowest BCUT2D eigenvalue weighted by atomic mass is 9.85. The van der Waals surface area contributed by atoms with Gasteiger partial charge in [0, 0.05) is 46.4 Å². The molecular formula is C43H53F3N6O9S2. The van der Waals surface area contributed by atoms with Gasteiger partial charge in [0.15, 0.2) is 0 Å². The highest BCUT2D eigenvalue weighted by Crippen LogP contribution is 2.48. The first-order valence-corrected chi connectivity index (χ1v) is 23.4. The molecule has 3 fully saturated rings. The van der Waals surface area contributed by atoms with Crippen LogP contribution in [0.2, 0.25) is 0 Å². The number of hydrogen-bond donors (Lipinski definition) is 3. The van der Waals surface area contributed by atoms with Gasteiger partial charge in [-0.3, -0.25) is 19.1 Å². The third-order valence-electron chi connectivity index (χ3n) is 12.9. The number of carbonyl (C=O) groups is 4. The molecule has 3 N–H and O–H groups in total. The molecule has 2 aliphatic carbocycles. The standard InChI is InChI=1S/C43H53F3N6O9S2/c1-7-25-18-24(2)10-8-9-11-26-21-42(26,38(55)51-63(57,58)41(5)14-15-41)50-34(53)32-20-28(23-52(32)37(54)33(25)49-39(56)61-40(3,4)43(44,45)46)60-35-29-13-12-27(59-6)19-30(29)31(22-48-35)36-47-16-17-62-36/h9,11-13,16-17,19,22,24-26,28,32-33H,7-8,10,14-15,18,20-21,23H2,1-6H3,(H,49,56)(H,50,53)(H,51,55). The van der Waals surface area contributed by atoms with Gasteiger partial charge < -0.3 is 29.7 Å². The normalized spacial score (nSPS) is 27.5. The Kier molecular flexibility index (Phi) is 12.6. The maximum atomic E-state index is 15.0. The Labute approximate surface area is 368 Å². The van der Waals surface area contributed by atoms with E-state index in [1.165, 1.54) is 30.3 Å². The van der Waals surface area contributed by atoms with Gasteiger partial charge in [0.25, 0.3) is 5.91 Å². The van der Waals surface area contributed by atoms with Crippen molar-refractivity contribution in [2.75, 3.05) is 13.7 Å². The number of halogens is 3. The van der Waals surface area contributed by atoms with Gasteiger partial charge in [-0.1, -0.05) is 32.4 Å². The van der Waals surface area contributed by atoms with Crippen LogP contribution in [0.15, 0.2) is 48.1 Å². The van der Waals surface area contributed by atoms with E-state index < -0.39 is 85.9 Å². The molecule has 2 aromatic heterocycles. The van der Waals surface area contributed by atoms with Crippen LogP contribution in [-0.2, 0) is 29.1 Å². The third-order valence-corrected chi connectivity index (χ3v) is 15.9. The van der Waals surface area contributed by atoms with E-state index in [4.69, 9.17) is 14.2 Å². The highest BCUT2D eigenvalue weighted by atomic mass is 32.2. The van der Waals surface area contributed by atoms with Crippen LogP contribution in [0.1, 0.15) is 86.0 Å². The molecule has 63 heavy (non-hydrogen) atoms. The number of hydrogen-bond acceptors (Lipinski definition) is 12. The summed E-state index contributed by atoms with van der Waals surface area (Å²) in [5.41, 5.74) is -3.85. The summed E-state index contributed by atoms with van der Waals surface area (Å²) >= 11 is 1.41. The maximum Gasteiger partial charge on any atom is 0.427 e. The van der Waals surface area contributed by atoms with Crippen molar-refractivity contribution in [3.05, 3.63) is 48.1 Å². The van der Waals surface area contributed by atoms with E-state index in [0.717, 1.165) is 0 Å². The number of allylic oxidation sites excluding steroid dienone is 1. The Morgan fingerprint density at radius 2 is 1.86 bits per heavy atom. The highest BCUT2D eigenvalue weighted by Gasteiger charge is 2.63. The molecule has 4 aliphatic rings. The number of nitrogens with zero attached hydrogens (tertiary/aromatic N) is 3. The molecule has 15 nitrogen and oxygen atoms in total. The van der Waals surface area contributed by atoms with E-state index in [1.54, 1.807) is 37.5 Å². The summed E-state index contributed by atoms with van der Waals surface area (Å²) in [6, 6.07) is 2.52. The monoisotopic (exact) mass is 918 g/mol. The zero-order valence-electron chi connectivity index (χ0n) is 35.9. The minimum Gasteiger partial charge on any atom is -0.497 e. The van der Waals surface area contributed by atoms with Crippen LogP contribution < -0.4 is 24.8 Å². The number of thiazole rings is 1. The Balaban J connectivity index is 1.26. The van der Waals surface area contributed by atoms with Gasteiger partial charge in [0.1, 0.15) is 34.5 Å². The molecule has 2 aliphatic heterocycles. The van der Waals surface area contributed by atoms with Gasteiger partial charge in [-0.2, -0.15) is 13.2 Å². The number of pyridine rings is 1. The number of aromatic nitrogens is 2. The summed E-state index contributed by atoms with van der Waals surface area (Å²) in [5, 5.41) is 9.08. The third kappa shape index (κ3) is 9.33. The van der Waals surface area contributed by atoms with Crippen LogP contribution in [0.4, 0.5) is 18.0 Å². The van der Waals surface area contributed by atoms with E-state index in [9.17, 15) is 36.0 Å². The van der Waals surface area contributed by atoms with Crippen molar-refractivity contribution >= 4 is 55.9 Å². The predicted octanol–water partition coefficient (Wildman–Crippen LogP) is 6.43. The number of sulfonamides is 1. The molecule has 0 radical (unpaired) electrons. The topological polar surface area (TPSA) is 195 Å². The summed E-state index contributed by atoms with van der Waals surface area (Å²) in [6.07, 6.45) is 2.20. The predicted molar refractivity (Wildman–Crippen MR) is 227 cm³/mol. The van der Waals surface area contributed by atoms with Gasteiger partial charge in [0.05, 0.1) is 18.4 Å². The van der Waals surface area contributed by atoms with Crippen molar-refractivity contribution in [2.45, 2.75) is 126 Å². The molecule has 4 heterocycles. The number of amides is 4. The second kappa shape index (κ2) is 17.2. The zero-order valence-corrected chi connectivity index (χ0v) is 37.5. The fraction of sp³-hybridized carbons (Fsp3) is 0.581. The number of methoxy groups -OCH3 is 1. The van der Waals surface area contributed by atoms with Crippen LogP contribution in [0.5, 0.6) is 11.6 Å². The number of nitrogens with one attached hydrogen (secondary N) is 3. The zero-order chi connectivity index (χ0) is 45.7.